The number of thiazole rings is 1. The number of piperidine rings is 1. The molecule has 1 aromatic rings. The summed E-state index contributed by atoms with van der Waals surface area (Å²) in [5, 5.41) is 10.5. The Labute approximate surface area is 108 Å². The molecule has 0 aromatic carbocycles. The van der Waals surface area contributed by atoms with E-state index in [0.29, 0.717) is 12.1 Å². The molecule has 2 heterocycles. The van der Waals surface area contributed by atoms with E-state index >= 15 is 0 Å². The maximum Gasteiger partial charge on any atom is 0.109 e. The Bertz CT molecular complexity index is 312. The summed E-state index contributed by atoms with van der Waals surface area (Å²) in [6, 6.07) is 1.12. The first-order valence-electron chi connectivity index (χ1n) is 6.65. The predicted molar refractivity (Wildman–Crippen MR) is 73.3 cm³/mol. The van der Waals surface area contributed by atoms with Crippen molar-refractivity contribution < 1.29 is 0 Å². The van der Waals surface area contributed by atoms with Gasteiger partial charge >= 0.3 is 0 Å². The largest absolute Gasteiger partial charge is 0.314 e. The summed E-state index contributed by atoms with van der Waals surface area (Å²) in [5.74, 6) is 0.820. The third-order valence-corrected chi connectivity index (χ3v) is 4.43. The third-order valence-electron chi connectivity index (χ3n) is 3.54. The molecule has 0 spiro atoms. The zero-order valence-corrected chi connectivity index (χ0v) is 11.6. The van der Waals surface area contributed by atoms with Gasteiger partial charge in [-0.15, -0.1) is 11.3 Å². The van der Waals surface area contributed by atoms with Gasteiger partial charge in [0.15, 0.2) is 0 Å². The van der Waals surface area contributed by atoms with Crippen molar-refractivity contribution in [1.29, 1.82) is 0 Å². The van der Waals surface area contributed by atoms with Crippen LogP contribution in [0.3, 0.4) is 0 Å². The van der Waals surface area contributed by atoms with Gasteiger partial charge in [-0.3, -0.25) is 0 Å². The van der Waals surface area contributed by atoms with Crippen LogP contribution >= 0.6 is 11.3 Å². The summed E-state index contributed by atoms with van der Waals surface area (Å²) >= 11 is 1.76. The highest BCUT2D eigenvalue weighted by Crippen LogP contribution is 2.21. The molecule has 96 valence electrons. The van der Waals surface area contributed by atoms with Gasteiger partial charge in [-0.2, -0.15) is 0 Å². The van der Waals surface area contributed by atoms with Crippen molar-refractivity contribution in [2.75, 3.05) is 13.1 Å². The Morgan fingerprint density at radius 2 is 2.53 bits per heavy atom. The lowest BCUT2D eigenvalue weighted by Crippen LogP contribution is -2.39. The van der Waals surface area contributed by atoms with Crippen molar-refractivity contribution in [2.24, 2.45) is 5.92 Å². The molecule has 1 aromatic heterocycles. The van der Waals surface area contributed by atoms with E-state index in [0.717, 1.165) is 18.9 Å². The van der Waals surface area contributed by atoms with Crippen LogP contribution in [-0.2, 0) is 0 Å². The van der Waals surface area contributed by atoms with Crippen molar-refractivity contribution in [3.05, 3.63) is 16.6 Å². The highest BCUT2D eigenvalue weighted by Gasteiger charge is 2.20. The van der Waals surface area contributed by atoms with Crippen LogP contribution in [0.4, 0.5) is 0 Å². The molecule has 1 aliphatic heterocycles. The number of aromatic nitrogens is 1. The van der Waals surface area contributed by atoms with Crippen LogP contribution < -0.4 is 10.6 Å². The predicted octanol–water partition coefficient (Wildman–Crippen LogP) is 2.57. The van der Waals surface area contributed by atoms with Gasteiger partial charge in [0.05, 0.1) is 6.04 Å². The van der Waals surface area contributed by atoms with Crippen LogP contribution in [-0.4, -0.2) is 24.1 Å². The number of hydrogen-bond donors (Lipinski definition) is 2. The van der Waals surface area contributed by atoms with E-state index in [1.165, 1.54) is 24.4 Å². The van der Waals surface area contributed by atoms with Gasteiger partial charge < -0.3 is 10.6 Å². The van der Waals surface area contributed by atoms with Crippen molar-refractivity contribution >= 4 is 11.3 Å². The molecule has 1 saturated heterocycles. The highest BCUT2D eigenvalue weighted by molar-refractivity contribution is 7.09. The van der Waals surface area contributed by atoms with E-state index in [1.54, 1.807) is 11.3 Å². The minimum absolute atomic E-state index is 0.445. The van der Waals surface area contributed by atoms with Crippen LogP contribution in [0, 0.1) is 5.92 Å². The SMILES string of the molecule is CCC(NCC1CCNC(C)C1)c1nccs1. The van der Waals surface area contributed by atoms with Crippen molar-refractivity contribution in [1.82, 2.24) is 15.6 Å². The number of rotatable bonds is 5. The van der Waals surface area contributed by atoms with Crippen molar-refractivity contribution in [2.45, 2.75) is 45.2 Å². The number of hydrogen-bond acceptors (Lipinski definition) is 4. The van der Waals surface area contributed by atoms with Crippen molar-refractivity contribution in [3.63, 3.8) is 0 Å². The van der Waals surface area contributed by atoms with E-state index in [-0.39, 0.29) is 0 Å². The molecular formula is C13H23N3S. The third kappa shape index (κ3) is 3.76. The average molecular weight is 253 g/mol. The Balaban J connectivity index is 1.80. The second-order valence-corrected chi connectivity index (χ2v) is 5.91. The molecule has 2 N–H and O–H groups in total. The second-order valence-electron chi connectivity index (χ2n) is 4.98. The van der Waals surface area contributed by atoms with Gasteiger partial charge in [0.1, 0.15) is 5.01 Å². The van der Waals surface area contributed by atoms with Gasteiger partial charge in [0.2, 0.25) is 0 Å². The quantitative estimate of drug-likeness (QED) is 0.847. The molecule has 0 saturated carbocycles. The van der Waals surface area contributed by atoms with Gasteiger partial charge in [-0.1, -0.05) is 6.92 Å². The maximum atomic E-state index is 4.41. The van der Waals surface area contributed by atoms with E-state index in [9.17, 15) is 0 Å². The molecule has 3 unspecified atom stereocenters. The fourth-order valence-corrected chi connectivity index (χ4v) is 3.34. The Morgan fingerprint density at radius 3 is 3.18 bits per heavy atom. The zero-order chi connectivity index (χ0) is 12.1. The first-order chi connectivity index (χ1) is 8.29. The summed E-state index contributed by atoms with van der Waals surface area (Å²) in [6.45, 7) is 6.81. The summed E-state index contributed by atoms with van der Waals surface area (Å²) in [7, 11) is 0. The lowest BCUT2D eigenvalue weighted by atomic mass is 9.93. The lowest BCUT2D eigenvalue weighted by Gasteiger charge is -2.29. The van der Waals surface area contributed by atoms with Crippen LogP contribution in [0.25, 0.3) is 0 Å². The Kier molecular flexibility index (Phi) is 4.95. The van der Waals surface area contributed by atoms with E-state index in [2.05, 4.69) is 34.8 Å². The van der Waals surface area contributed by atoms with Crippen LogP contribution in [0.5, 0.6) is 0 Å². The highest BCUT2D eigenvalue weighted by atomic mass is 32.1. The molecule has 0 amide bonds. The lowest BCUT2D eigenvalue weighted by molar-refractivity contribution is 0.293. The fourth-order valence-electron chi connectivity index (χ4n) is 2.54. The fraction of sp³-hybridized carbons (Fsp3) is 0.769. The summed E-state index contributed by atoms with van der Waals surface area (Å²) < 4.78 is 0. The molecule has 3 nitrogen and oxygen atoms in total. The summed E-state index contributed by atoms with van der Waals surface area (Å²) in [4.78, 5) is 4.41. The van der Waals surface area contributed by atoms with Gasteiger partial charge in [-0.05, 0) is 45.2 Å². The van der Waals surface area contributed by atoms with Crippen LogP contribution in [0.2, 0.25) is 0 Å². The molecule has 4 heteroatoms. The topological polar surface area (TPSA) is 37.0 Å². The molecule has 1 aliphatic rings. The van der Waals surface area contributed by atoms with E-state index < -0.39 is 0 Å². The number of nitrogens with zero attached hydrogens (tertiary/aromatic N) is 1. The van der Waals surface area contributed by atoms with Gasteiger partial charge in [0, 0.05) is 17.6 Å². The molecule has 1 fully saturated rings. The average Bonchev–Trinajstić information content (AvgIpc) is 2.84. The first kappa shape index (κ1) is 13.0. The van der Waals surface area contributed by atoms with Gasteiger partial charge in [-0.25, -0.2) is 4.98 Å². The number of nitrogens with one attached hydrogen (secondary N) is 2. The molecule has 3 atom stereocenters. The van der Waals surface area contributed by atoms with Crippen LogP contribution in [0.15, 0.2) is 11.6 Å². The standard InChI is InChI=1S/C13H23N3S/c1-3-12(13-15-6-7-17-13)16-9-11-4-5-14-10(2)8-11/h6-7,10-12,14,16H,3-5,8-9H2,1-2H3. The minimum atomic E-state index is 0.445. The minimum Gasteiger partial charge on any atom is -0.314 e. The molecule has 0 aliphatic carbocycles. The summed E-state index contributed by atoms with van der Waals surface area (Å²) in [6.07, 6.45) is 5.61. The molecule has 17 heavy (non-hydrogen) atoms. The molecule has 0 radical (unpaired) electrons. The van der Waals surface area contributed by atoms with E-state index in [4.69, 9.17) is 0 Å². The monoisotopic (exact) mass is 253 g/mol. The van der Waals surface area contributed by atoms with E-state index in [1.807, 2.05) is 6.20 Å². The maximum absolute atomic E-state index is 4.41. The van der Waals surface area contributed by atoms with Gasteiger partial charge in [0.25, 0.3) is 0 Å². The second kappa shape index (κ2) is 6.47. The normalized spacial score (nSPS) is 26.9. The Morgan fingerprint density at radius 1 is 1.65 bits per heavy atom. The van der Waals surface area contributed by atoms with Crippen LogP contribution in [0.1, 0.15) is 44.2 Å². The Hall–Kier alpha value is -0.450. The zero-order valence-electron chi connectivity index (χ0n) is 10.8. The molecule has 2 rings (SSSR count). The summed E-state index contributed by atoms with van der Waals surface area (Å²) in [5.41, 5.74) is 0. The molecular weight excluding hydrogens is 230 g/mol. The molecule has 0 bridgehead atoms. The first-order valence-corrected chi connectivity index (χ1v) is 7.53. The smallest absolute Gasteiger partial charge is 0.109 e. The van der Waals surface area contributed by atoms with Crippen molar-refractivity contribution in [3.8, 4) is 0 Å².